The van der Waals surface area contributed by atoms with Crippen molar-refractivity contribution in [1.82, 2.24) is 10.2 Å². The topological polar surface area (TPSA) is 95.4 Å². The van der Waals surface area contributed by atoms with Crippen LogP contribution < -0.4 is 4.74 Å². The molecule has 1 heterocycles. The molecule has 0 bridgehead atoms. The Balaban J connectivity index is 2.55. The number of phenolic OH excluding ortho intramolecular Hbond substituents is 1. The van der Waals surface area contributed by atoms with Crippen LogP contribution in [-0.4, -0.2) is 33.5 Å². The van der Waals surface area contributed by atoms with Crippen LogP contribution in [0, 0.1) is 0 Å². The van der Waals surface area contributed by atoms with Gasteiger partial charge in [-0.1, -0.05) is 0 Å². The second kappa shape index (κ2) is 4.69. The first kappa shape index (κ1) is 12.4. The zero-order valence-corrected chi connectivity index (χ0v) is 10.9. The molecule has 0 aliphatic heterocycles. The minimum Gasteiger partial charge on any atom is -0.506 e. The normalized spacial score (nSPS) is 10.3. The number of methoxy groups -OCH3 is 1. The predicted molar refractivity (Wildman–Crippen MR) is 66.9 cm³/mol. The first-order chi connectivity index (χ1) is 8.52. The summed E-state index contributed by atoms with van der Waals surface area (Å²) < 4.78 is 5.51. The highest BCUT2D eigenvalue weighted by Gasteiger charge is 2.15. The van der Waals surface area contributed by atoms with Crippen LogP contribution in [0.25, 0.3) is 11.3 Å². The number of aromatic carboxylic acids is 1. The number of rotatable bonds is 3. The summed E-state index contributed by atoms with van der Waals surface area (Å²) in [4.78, 5) is 10.8. The monoisotopic (exact) mass is 312 g/mol. The Kier molecular flexibility index (Phi) is 3.24. The van der Waals surface area contributed by atoms with Gasteiger partial charge >= 0.3 is 5.97 Å². The number of nitrogens with zero attached hydrogens (tertiary/aromatic N) is 1. The number of nitrogens with one attached hydrogen (secondary N) is 1. The van der Waals surface area contributed by atoms with E-state index < -0.39 is 5.97 Å². The molecule has 0 radical (unpaired) electrons. The molecule has 6 nitrogen and oxygen atoms in total. The molecular formula is C11H9BrN2O4. The van der Waals surface area contributed by atoms with Crippen molar-refractivity contribution in [2.75, 3.05) is 7.11 Å². The van der Waals surface area contributed by atoms with Gasteiger partial charge in [0.25, 0.3) is 0 Å². The van der Waals surface area contributed by atoms with E-state index in [1.807, 2.05) is 0 Å². The third kappa shape index (κ3) is 2.17. The molecule has 7 heteroatoms. The molecule has 94 valence electrons. The van der Waals surface area contributed by atoms with Crippen molar-refractivity contribution >= 4 is 21.9 Å². The van der Waals surface area contributed by atoms with Crippen molar-refractivity contribution in [3.63, 3.8) is 0 Å². The Morgan fingerprint density at radius 2 is 2.17 bits per heavy atom. The summed E-state index contributed by atoms with van der Waals surface area (Å²) in [5.41, 5.74) is 0.651. The summed E-state index contributed by atoms with van der Waals surface area (Å²) >= 11 is 3.19. The average Bonchev–Trinajstić information content (AvgIpc) is 2.82. The van der Waals surface area contributed by atoms with Gasteiger partial charge in [0, 0.05) is 5.56 Å². The Morgan fingerprint density at radius 1 is 1.44 bits per heavy atom. The zero-order chi connectivity index (χ0) is 13.3. The van der Waals surface area contributed by atoms with Crippen molar-refractivity contribution in [3.05, 3.63) is 28.4 Å². The first-order valence-corrected chi connectivity index (χ1v) is 5.67. The number of phenols is 1. The van der Waals surface area contributed by atoms with Crippen molar-refractivity contribution in [3.8, 4) is 22.8 Å². The Hall–Kier alpha value is -2.02. The fraction of sp³-hybridized carbons (Fsp3) is 0.0909. The van der Waals surface area contributed by atoms with Crippen LogP contribution in [0.15, 0.2) is 22.7 Å². The van der Waals surface area contributed by atoms with E-state index in [4.69, 9.17) is 9.84 Å². The zero-order valence-electron chi connectivity index (χ0n) is 9.27. The molecule has 0 aliphatic carbocycles. The van der Waals surface area contributed by atoms with Gasteiger partial charge in [-0.25, -0.2) is 4.79 Å². The molecular weight excluding hydrogens is 304 g/mol. The quantitative estimate of drug-likeness (QED) is 0.808. The first-order valence-electron chi connectivity index (χ1n) is 4.88. The van der Waals surface area contributed by atoms with Crippen molar-refractivity contribution in [2.24, 2.45) is 0 Å². The van der Waals surface area contributed by atoms with E-state index in [2.05, 4.69) is 26.1 Å². The Morgan fingerprint density at radius 3 is 2.72 bits per heavy atom. The van der Waals surface area contributed by atoms with E-state index in [0.717, 1.165) is 0 Å². The number of carboxylic acids is 1. The molecule has 0 atom stereocenters. The maximum atomic E-state index is 10.8. The maximum Gasteiger partial charge on any atom is 0.353 e. The third-order valence-electron chi connectivity index (χ3n) is 2.36. The van der Waals surface area contributed by atoms with Gasteiger partial charge < -0.3 is 14.9 Å². The van der Waals surface area contributed by atoms with Crippen molar-refractivity contribution < 1.29 is 19.7 Å². The van der Waals surface area contributed by atoms with E-state index in [1.165, 1.54) is 13.2 Å². The van der Waals surface area contributed by atoms with Crippen molar-refractivity contribution in [1.29, 1.82) is 0 Å². The minimum atomic E-state index is -1.12. The molecule has 0 aliphatic rings. The number of ether oxygens (including phenoxy) is 1. The number of carbonyl (C=O) groups is 1. The van der Waals surface area contributed by atoms with Crippen LogP contribution in [0.5, 0.6) is 11.5 Å². The SMILES string of the molecule is COc1cc(Br)c(O)c(-c2cc(C(=O)O)[nH]n2)c1. The highest BCUT2D eigenvalue weighted by molar-refractivity contribution is 9.10. The summed E-state index contributed by atoms with van der Waals surface area (Å²) in [5.74, 6) is -0.621. The van der Waals surface area contributed by atoms with Crippen molar-refractivity contribution in [2.45, 2.75) is 0 Å². The standard InChI is InChI=1S/C11H9BrN2O4/c1-18-5-2-6(10(15)7(12)3-5)8-4-9(11(16)17)14-13-8/h2-4,15H,1H3,(H,13,14)(H,16,17). The predicted octanol–water partition coefficient (Wildman–Crippen LogP) is 2.25. The molecule has 18 heavy (non-hydrogen) atoms. The lowest BCUT2D eigenvalue weighted by Gasteiger charge is -2.07. The highest BCUT2D eigenvalue weighted by atomic mass is 79.9. The lowest BCUT2D eigenvalue weighted by atomic mass is 10.1. The average molecular weight is 313 g/mol. The number of benzene rings is 1. The number of carboxylic acid groups (broad SMARTS) is 1. The fourth-order valence-corrected chi connectivity index (χ4v) is 1.90. The second-order valence-electron chi connectivity index (χ2n) is 3.48. The molecule has 0 spiro atoms. The molecule has 2 aromatic rings. The Labute approximate surface area is 110 Å². The number of H-pyrrole nitrogens is 1. The maximum absolute atomic E-state index is 10.8. The van der Waals surface area contributed by atoms with Crippen LogP contribution >= 0.6 is 15.9 Å². The van der Waals surface area contributed by atoms with Gasteiger partial charge in [-0.2, -0.15) is 5.10 Å². The summed E-state index contributed by atoms with van der Waals surface area (Å²) in [6.45, 7) is 0. The molecule has 1 aromatic carbocycles. The molecule has 2 rings (SSSR count). The van der Waals surface area contributed by atoms with Crippen LogP contribution in [0.1, 0.15) is 10.5 Å². The summed E-state index contributed by atoms with van der Waals surface area (Å²) in [6.07, 6.45) is 0. The number of hydrogen-bond acceptors (Lipinski definition) is 4. The van der Waals surface area contributed by atoms with E-state index >= 15 is 0 Å². The second-order valence-corrected chi connectivity index (χ2v) is 4.33. The van der Waals surface area contributed by atoms with Crippen LogP contribution in [0.4, 0.5) is 0 Å². The molecule has 0 fully saturated rings. The Bertz CT molecular complexity index is 609. The number of aromatic hydroxyl groups is 1. The van der Waals surface area contributed by atoms with Crippen LogP contribution in [-0.2, 0) is 0 Å². The molecule has 0 unspecified atom stereocenters. The summed E-state index contributed by atoms with van der Waals surface area (Å²) in [5, 5.41) is 24.9. The van der Waals surface area contributed by atoms with E-state index in [1.54, 1.807) is 12.1 Å². The summed E-state index contributed by atoms with van der Waals surface area (Å²) in [6, 6.07) is 4.51. The fourth-order valence-electron chi connectivity index (χ4n) is 1.46. The lowest BCUT2D eigenvalue weighted by molar-refractivity contribution is 0.0690. The molecule has 1 aromatic heterocycles. The van der Waals surface area contributed by atoms with Crippen LogP contribution in [0.2, 0.25) is 0 Å². The van der Waals surface area contributed by atoms with Crippen LogP contribution in [0.3, 0.4) is 0 Å². The van der Waals surface area contributed by atoms with E-state index in [0.29, 0.717) is 21.5 Å². The number of halogens is 1. The van der Waals surface area contributed by atoms with Gasteiger partial charge in [0.15, 0.2) is 0 Å². The number of aromatic nitrogens is 2. The highest BCUT2D eigenvalue weighted by Crippen LogP contribution is 2.38. The van der Waals surface area contributed by atoms with Gasteiger partial charge in [-0.05, 0) is 34.1 Å². The van der Waals surface area contributed by atoms with Gasteiger partial charge in [0.1, 0.15) is 17.2 Å². The third-order valence-corrected chi connectivity index (χ3v) is 2.96. The van der Waals surface area contributed by atoms with Gasteiger partial charge in [0.05, 0.1) is 17.3 Å². The molecule has 0 saturated heterocycles. The minimum absolute atomic E-state index is 0.0285. The number of aromatic amines is 1. The van der Waals surface area contributed by atoms with Gasteiger partial charge in [-0.3, -0.25) is 5.10 Å². The van der Waals surface area contributed by atoms with Gasteiger partial charge in [0.2, 0.25) is 0 Å². The lowest BCUT2D eigenvalue weighted by Crippen LogP contribution is -1.95. The van der Waals surface area contributed by atoms with E-state index in [9.17, 15) is 9.90 Å². The van der Waals surface area contributed by atoms with Gasteiger partial charge in [-0.15, -0.1) is 0 Å². The molecule has 3 N–H and O–H groups in total. The molecule has 0 saturated carbocycles. The summed E-state index contributed by atoms with van der Waals surface area (Å²) in [7, 11) is 1.50. The largest absolute Gasteiger partial charge is 0.506 e. The van der Waals surface area contributed by atoms with E-state index in [-0.39, 0.29) is 11.4 Å². The molecule has 0 amide bonds. The smallest absolute Gasteiger partial charge is 0.353 e. The number of hydrogen-bond donors (Lipinski definition) is 3.